The van der Waals surface area contributed by atoms with Crippen molar-refractivity contribution < 1.29 is 9.94 Å². The lowest BCUT2D eigenvalue weighted by Crippen LogP contribution is -2.36. The minimum atomic E-state index is 0.394. The van der Waals surface area contributed by atoms with Crippen molar-refractivity contribution in [3.8, 4) is 0 Å². The lowest BCUT2D eigenvalue weighted by molar-refractivity contribution is -0.907. The first-order valence-corrected chi connectivity index (χ1v) is 4.08. The smallest absolute Gasteiger partial charge is 0.283 e. The number of aryl methyl sites for hydroxylation is 1. The van der Waals surface area contributed by atoms with Crippen LogP contribution in [0.1, 0.15) is 17.7 Å². The van der Waals surface area contributed by atoms with Crippen LogP contribution in [0.4, 0.5) is 0 Å². The number of nitrogens with zero attached hydrogens (tertiary/aromatic N) is 1. The van der Waals surface area contributed by atoms with E-state index in [-0.39, 0.29) is 0 Å². The summed E-state index contributed by atoms with van der Waals surface area (Å²) in [5.41, 5.74) is 2.19. The van der Waals surface area contributed by atoms with Crippen molar-refractivity contribution in [2.45, 2.75) is 19.3 Å². The fourth-order valence-corrected chi connectivity index (χ4v) is 1.71. The summed E-state index contributed by atoms with van der Waals surface area (Å²) < 4.78 is 1.09. The first-order chi connectivity index (χ1) is 5.29. The van der Waals surface area contributed by atoms with Gasteiger partial charge in [-0.1, -0.05) is 0 Å². The van der Waals surface area contributed by atoms with Crippen LogP contribution in [0, 0.1) is 0 Å². The van der Waals surface area contributed by atoms with Gasteiger partial charge in [0.05, 0.1) is 0 Å². The minimum absolute atomic E-state index is 0.394. The molecule has 1 aromatic rings. The van der Waals surface area contributed by atoms with E-state index in [1.54, 1.807) is 6.07 Å². The van der Waals surface area contributed by atoms with Crippen LogP contribution in [-0.4, -0.2) is 5.21 Å². The van der Waals surface area contributed by atoms with E-state index < -0.39 is 0 Å². The van der Waals surface area contributed by atoms with E-state index >= 15 is 0 Å². The maximum absolute atomic E-state index is 9.40. The van der Waals surface area contributed by atoms with Gasteiger partial charge in [0.25, 0.3) is 0 Å². The molecule has 0 aliphatic heterocycles. The summed E-state index contributed by atoms with van der Waals surface area (Å²) in [6, 6.07) is 3.71. The first kappa shape index (κ1) is 6.92. The van der Waals surface area contributed by atoms with Crippen molar-refractivity contribution in [2.75, 3.05) is 0 Å². The van der Waals surface area contributed by atoms with Crippen LogP contribution < -0.4 is 4.73 Å². The highest BCUT2D eigenvalue weighted by molar-refractivity contribution is 6.28. The number of fused-ring (bicyclic) bond motifs is 1. The highest BCUT2D eigenvalue weighted by Gasteiger charge is 2.24. The number of aromatic nitrogens is 1. The Morgan fingerprint density at radius 2 is 2.18 bits per heavy atom. The van der Waals surface area contributed by atoms with E-state index in [0.717, 1.165) is 29.7 Å². The van der Waals surface area contributed by atoms with Crippen molar-refractivity contribution in [1.29, 1.82) is 0 Å². The molecule has 3 heteroatoms. The molecule has 2 rings (SSSR count). The third-order valence-corrected chi connectivity index (χ3v) is 2.40. The molecule has 0 bridgehead atoms. The molecule has 1 heterocycles. The maximum atomic E-state index is 9.40. The molecule has 0 spiro atoms. The molecule has 58 valence electrons. The quantitative estimate of drug-likeness (QED) is 0.355. The van der Waals surface area contributed by atoms with Crippen molar-refractivity contribution in [3.05, 3.63) is 28.5 Å². The number of rotatable bonds is 0. The molecular weight excluding hydrogens is 162 g/mol. The molecule has 0 radical (unpaired) electrons. The van der Waals surface area contributed by atoms with E-state index in [2.05, 4.69) is 0 Å². The zero-order valence-corrected chi connectivity index (χ0v) is 6.80. The first-order valence-electron chi connectivity index (χ1n) is 3.70. The fourth-order valence-electron chi connectivity index (χ4n) is 1.54. The monoisotopic (exact) mass is 170 g/mol. The highest BCUT2D eigenvalue weighted by Crippen LogP contribution is 2.19. The summed E-state index contributed by atoms with van der Waals surface area (Å²) in [5, 5.41) is 9.80. The van der Waals surface area contributed by atoms with Crippen molar-refractivity contribution >= 4 is 11.6 Å². The van der Waals surface area contributed by atoms with E-state index in [4.69, 9.17) is 11.6 Å². The van der Waals surface area contributed by atoms with Crippen molar-refractivity contribution in [2.24, 2.45) is 0 Å². The van der Waals surface area contributed by atoms with Crippen LogP contribution in [-0.2, 0) is 12.8 Å². The third kappa shape index (κ3) is 0.979. The van der Waals surface area contributed by atoms with Crippen LogP contribution in [0.3, 0.4) is 0 Å². The van der Waals surface area contributed by atoms with Gasteiger partial charge in [0, 0.05) is 22.8 Å². The van der Waals surface area contributed by atoms with E-state index in [1.807, 2.05) is 6.07 Å². The van der Waals surface area contributed by atoms with Crippen LogP contribution in [0.15, 0.2) is 12.1 Å². The van der Waals surface area contributed by atoms with Gasteiger partial charge >= 0.3 is 5.15 Å². The summed E-state index contributed by atoms with van der Waals surface area (Å²) in [5.74, 6) is 0. The van der Waals surface area contributed by atoms with Crippen LogP contribution >= 0.6 is 11.6 Å². The zero-order valence-electron chi connectivity index (χ0n) is 6.05. The fraction of sp³-hybridized carbons (Fsp3) is 0.375. The standard InChI is InChI=1S/C8H9ClNO/c9-8-5-4-6-2-1-3-7(6)10(8)11/h4-5,11H,1-3H2/q+1. The Kier molecular flexibility index (Phi) is 1.50. The van der Waals surface area contributed by atoms with Gasteiger partial charge in [-0.3, -0.25) is 5.21 Å². The Morgan fingerprint density at radius 1 is 1.36 bits per heavy atom. The molecule has 1 N–H and O–H groups in total. The Morgan fingerprint density at radius 3 is 3.00 bits per heavy atom. The van der Waals surface area contributed by atoms with Crippen molar-refractivity contribution in [1.82, 2.24) is 0 Å². The topological polar surface area (TPSA) is 24.1 Å². The van der Waals surface area contributed by atoms with Gasteiger partial charge in [-0.2, -0.15) is 0 Å². The zero-order chi connectivity index (χ0) is 7.84. The molecule has 0 aromatic carbocycles. The summed E-state index contributed by atoms with van der Waals surface area (Å²) in [7, 11) is 0. The average molecular weight is 171 g/mol. The molecule has 0 unspecified atom stereocenters. The van der Waals surface area contributed by atoms with Gasteiger partial charge in [0.1, 0.15) is 0 Å². The molecule has 0 fully saturated rings. The SMILES string of the molecule is O[n+]1c(Cl)ccc2c1CCC2. The minimum Gasteiger partial charge on any atom is -0.283 e. The van der Waals surface area contributed by atoms with E-state index in [1.165, 1.54) is 5.56 Å². The maximum Gasteiger partial charge on any atom is 0.325 e. The second-order valence-electron chi connectivity index (χ2n) is 2.79. The Balaban J connectivity index is 2.62. The second kappa shape index (κ2) is 2.38. The van der Waals surface area contributed by atoms with Gasteiger partial charge in [0.2, 0.25) is 5.69 Å². The predicted molar refractivity (Wildman–Crippen MR) is 40.9 cm³/mol. The van der Waals surface area contributed by atoms with Gasteiger partial charge in [0.15, 0.2) is 0 Å². The van der Waals surface area contributed by atoms with Gasteiger partial charge in [-0.05, 0) is 30.5 Å². The lowest BCUT2D eigenvalue weighted by atomic mass is 10.2. The Labute approximate surface area is 70.0 Å². The third-order valence-electron chi connectivity index (χ3n) is 2.11. The molecular formula is C8H9ClNO+. The van der Waals surface area contributed by atoms with Gasteiger partial charge in [-0.15, -0.1) is 0 Å². The largest absolute Gasteiger partial charge is 0.325 e. The van der Waals surface area contributed by atoms with Crippen LogP contribution in [0.25, 0.3) is 0 Å². The molecule has 2 nitrogen and oxygen atoms in total. The van der Waals surface area contributed by atoms with E-state index in [0.29, 0.717) is 5.15 Å². The summed E-state index contributed by atoms with van der Waals surface area (Å²) >= 11 is 5.71. The highest BCUT2D eigenvalue weighted by atomic mass is 35.5. The predicted octanol–water partition coefficient (Wildman–Crippen LogP) is 1.35. The normalized spacial score (nSPS) is 15.0. The second-order valence-corrected chi connectivity index (χ2v) is 3.18. The average Bonchev–Trinajstić information content (AvgIpc) is 2.45. The van der Waals surface area contributed by atoms with Crippen LogP contribution in [0.5, 0.6) is 0 Å². The molecule has 1 aromatic heterocycles. The molecule has 1 aliphatic carbocycles. The molecule has 11 heavy (non-hydrogen) atoms. The molecule has 0 saturated carbocycles. The van der Waals surface area contributed by atoms with Crippen molar-refractivity contribution in [3.63, 3.8) is 0 Å². The summed E-state index contributed by atoms with van der Waals surface area (Å²) in [6.45, 7) is 0. The molecule has 0 saturated heterocycles. The Hall–Kier alpha value is -0.760. The molecule has 0 atom stereocenters. The van der Waals surface area contributed by atoms with Gasteiger partial charge in [-0.25, -0.2) is 0 Å². The summed E-state index contributed by atoms with van der Waals surface area (Å²) in [4.78, 5) is 0. The lowest BCUT2D eigenvalue weighted by Gasteiger charge is -1.93. The van der Waals surface area contributed by atoms with E-state index in [9.17, 15) is 5.21 Å². The number of pyridine rings is 1. The molecule has 1 aliphatic rings. The number of hydrogen-bond acceptors (Lipinski definition) is 1. The van der Waals surface area contributed by atoms with Gasteiger partial charge < -0.3 is 0 Å². The number of halogens is 1. The van der Waals surface area contributed by atoms with Crippen LogP contribution in [0.2, 0.25) is 5.15 Å². The number of hydrogen-bond donors (Lipinski definition) is 1. The Bertz CT molecular complexity index is 298. The molecule has 0 amide bonds. The summed E-state index contributed by atoms with van der Waals surface area (Å²) in [6.07, 6.45) is 3.12.